The lowest BCUT2D eigenvalue weighted by molar-refractivity contribution is -0.118. The molecule has 2 atom stereocenters. The summed E-state index contributed by atoms with van der Waals surface area (Å²) in [7, 11) is 1.48. The van der Waals surface area contributed by atoms with Crippen LogP contribution in [0.5, 0.6) is 17.2 Å². The molecule has 11 heteroatoms. The summed E-state index contributed by atoms with van der Waals surface area (Å²) in [5.74, 6) is 0.764. The highest BCUT2D eigenvalue weighted by atomic mass is 16.6. The van der Waals surface area contributed by atoms with Crippen LogP contribution in [0.25, 0.3) is 0 Å². The third-order valence-electron chi connectivity index (χ3n) is 6.63. The van der Waals surface area contributed by atoms with Gasteiger partial charge in [-0.15, -0.1) is 0 Å². The molecule has 1 heterocycles. The molecule has 4 rings (SSSR count). The average Bonchev–Trinajstić information content (AvgIpc) is 3.22. The van der Waals surface area contributed by atoms with Gasteiger partial charge in [0.15, 0.2) is 12.4 Å². The molecule has 0 radical (unpaired) electrons. The molecule has 0 bridgehead atoms. The monoisotopic (exact) mass is 513 g/mol. The first-order valence-corrected chi connectivity index (χ1v) is 12.7. The van der Waals surface area contributed by atoms with Gasteiger partial charge >= 0.3 is 6.09 Å². The molecule has 2 fully saturated rings. The highest BCUT2D eigenvalue weighted by Crippen LogP contribution is 2.37. The predicted molar refractivity (Wildman–Crippen MR) is 138 cm³/mol. The topological polar surface area (TPSA) is 147 Å². The highest BCUT2D eigenvalue weighted by Gasteiger charge is 2.40. The second-order valence-corrected chi connectivity index (χ2v) is 9.86. The van der Waals surface area contributed by atoms with Gasteiger partial charge in [0.25, 0.3) is 5.91 Å². The third-order valence-corrected chi connectivity index (χ3v) is 6.63. The Labute approximate surface area is 216 Å². The molecule has 0 unspecified atom stereocenters. The van der Waals surface area contributed by atoms with Gasteiger partial charge in [-0.1, -0.05) is 6.92 Å². The third kappa shape index (κ3) is 7.14. The van der Waals surface area contributed by atoms with E-state index in [1.54, 1.807) is 12.1 Å². The number of aromatic hydroxyl groups is 1. The summed E-state index contributed by atoms with van der Waals surface area (Å²) in [6.45, 7) is 4.32. The standard InChI is InChI=1S/C26H35N5O6/c1-4-9-27-14-19-21(32)11-18(35-3)12-22(19)36-15-24(33)28-23-13-20(30-31-23)16-5-6-17(10-16)37-25(34)29-26(2)7-8-26/h11-14,16-17,32H,4-10,15H2,1-3H3,(H,29,34)(H2,28,30,31,33)/b27-14+/t16-,17+/m0/s1. The predicted octanol–water partition coefficient (Wildman–Crippen LogP) is 3.89. The number of alkyl carbamates (subject to hydrolysis) is 1. The molecule has 1 aromatic carbocycles. The summed E-state index contributed by atoms with van der Waals surface area (Å²) in [6, 6.07) is 4.84. The van der Waals surface area contributed by atoms with Gasteiger partial charge in [-0.2, -0.15) is 5.10 Å². The van der Waals surface area contributed by atoms with Gasteiger partial charge in [0, 0.05) is 48.1 Å². The first-order valence-electron chi connectivity index (χ1n) is 12.7. The van der Waals surface area contributed by atoms with Crippen LogP contribution in [-0.4, -0.2) is 65.4 Å². The van der Waals surface area contributed by atoms with Crippen LogP contribution in [0.15, 0.2) is 23.2 Å². The van der Waals surface area contributed by atoms with Crippen LogP contribution in [0.2, 0.25) is 0 Å². The zero-order valence-corrected chi connectivity index (χ0v) is 21.5. The number of rotatable bonds is 11. The number of aliphatic imine (C=N–C) groups is 1. The van der Waals surface area contributed by atoms with E-state index in [0.717, 1.165) is 37.8 Å². The van der Waals surface area contributed by atoms with Gasteiger partial charge < -0.3 is 30.0 Å². The van der Waals surface area contributed by atoms with Crippen molar-refractivity contribution in [2.24, 2.45) is 4.99 Å². The van der Waals surface area contributed by atoms with Crippen molar-refractivity contribution < 1.29 is 28.9 Å². The number of aromatic amines is 1. The van der Waals surface area contributed by atoms with E-state index < -0.39 is 5.91 Å². The van der Waals surface area contributed by atoms with E-state index in [1.807, 2.05) is 13.8 Å². The molecule has 2 amide bonds. The van der Waals surface area contributed by atoms with Crippen molar-refractivity contribution in [3.8, 4) is 17.2 Å². The Morgan fingerprint density at radius 3 is 2.84 bits per heavy atom. The van der Waals surface area contributed by atoms with Crippen molar-refractivity contribution in [2.75, 3.05) is 25.6 Å². The molecule has 37 heavy (non-hydrogen) atoms. The fraction of sp³-hybridized carbons (Fsp3) is 0.538. The molecule has 1 aromatic heterocycles. The number of hydrogen-bond donors (Lipinski definition) is 4. The lowest BCUT2D eigenvalue weighted by Crippen LogP contribution is -2.36. The Kier molecular flexibility index (Phi) is 8.20. The molecule has 0 spiro atoms. The van der Waals surface area contributed by atoms with Crippen molar-refractivity contribution in [1.82, 2.24) is 15.5 Å². The molecule has 11 nitrogen and oxygen atoms in total. The van der Waals surface area contributed by atoms with Gasteiger partial charge in [0.05, 0.1) is 12.7 Å². The number of methoxy groups -OCH3 is 1. The van der Waals surface area contributed by atoms with Gasteiger partial charge in [-0.3, -0.25) is 14.9 Å². The van der Waals surface area contributed by atoms with Gasteiger partial charge in [-0.05, 0) is 45.4 Å². The summed E-state index contributed by atoms with van der Waals surface area (Å²) in [6.07, 6.45) is 6.20. The molecule has 2 saturated carbocycles. The van der Waals surface area contributed by atoms with Crippen molar-refractivity contribution in [1.29, 1.82) is 0 Å². The fourth-order valence-electron chi connectivity index (χ4n) is 4.24. The Bertz CT molecular complexity index is 1140. The van der Waals surface area contributed by atoms with E-state index >= 15 is 0 Å². The lowest BCUT2D eigenvalue weighted by atomic mass is 10.0. The summed E-state index contributed by atoms with van der Waals surface area (Å²) in [5.41, 5.74) is 1.15. The molecule has 2 aromatic rings. The number of H-pyrrole nitrogens is 1. The molecule has 2 aliphatic carbocycles. The van der Waals surface area contributed by atoms with Crippen LogP contribution >= 0.6 is 0 Å². The Balaban J connectivity index is 1.29. The smallest absolute Gasteiger partial charge is 0.407 e. The number of nitrogens with zero attached hydrogens (tertiary/aromatic N) is 2. The van der Waals surface area contributed by atoms with E-state index in [9.17, 15) is 14.7 Å². The Morgan fingerprint density at radius 1 is 1.30 bits per heavy atom. The summed E-state index contributed by atoms with van der Waals surface area (Å²) < 4.78 is 16.5. The number of anilines is 1. The van der Waals surface area contributed by atoms with Crippen LogP contribution in [0.3, 0.4) is 0 Å². The molecular weight excluding hydrogens is 478 g/mol. The highest BCUT2D eigenvalue weighted by molar-refractivity contribution is 5.92. The van der Waals surface area contributed by atoms with E-state index in [0.29, 0.717) is 30.1 Å². The summed E-state index contributed by atoms with van der Waals surface area (Å²) in [5, 5.41) is 23.1. The second kappa shape index (κ2) is 11.5. The molecule has 2 aliphatic rings. The van der Waals surface area contributed by atoms with Crippen LogP contribution in [-0.2, 0) is 9.53 Å². The van der Waals surface area contributed by atoms with Crippen LogP contribution in [0, 0.1) is 0 Å². The Hall–Kier alpha value is -3.76. The maximum atomic E-state index is 12.5. The largest absolute Gasteiger partial charge is 0.507 e. The maximum absolute atomic E-state index is 12.5. The van der Waals surface area contributed by atoms with Crippen molar-refractivity contribution in [3.05, 3.63) is 29.5 Å². The SMILES string of the molecule is CCC/N=C/c1c(O)cc(OC)cc1OCC(=O)Nc1cc([C@H]2CC[C@@H](OC(=O)NC3(C)CC3)C2)[nH]n1. The number of amides is 2. The van der Waals surface area contributed by atoms with E-state index in [4.69, 9.17) is 14.2 Å². The van der Waals surface area contributed by atoms with E-state index in [-0.39, 0.29) is 41.8 Å². The van der Waals surface area contributed by atoms with Crippen LogP contribution in [0.1, 0.15) is 69.5 Å². The van der Waals surface area contributed by atoms with Crippen molar-refractivity contribution in [2.45, 2.75) is 69.9 Å². The van der Waals surface area contributed by atoms with Gasteiger partial charge in [0.2, 0.25) is 0 Å². The number of hydrogen-bond acceptors (Lipinski definition) is 8. The van der Waals surface area contributed by atoms with Crippen molar-refractivity contribution >= 4 is 24.0 Å². The Morgan fingerprint density at radius 2 is 2.11 bits per heavy atom. The fourth-order valence-corrected chi connectivity index (χ4v) is 4.24. The number of phenols is 1. The number of benzene rings is 1. The lowest BCUT2D eigenvalue weighted by Gasteiger charge is -2.16. The number of carbonyl (C=O) groups is 2. The normalized spacial score (nSPS) is 20.0. The number of nitrogens with one attached hydrogen (secondary N) is 3. The van der Waals surface area contributed by atoms with E-state index in [1.165, 1.54) is 19.4 Å². The minimum absolute atomic E-state index is 0.0513. The number of ether oxygens (including phenoxy) is 3. The maximum Gasteiger partial charge on any atom is 0.407 e. The molecular formula is C26H35N5O6. The van der Waals surface area contributed by atoms with Crippen molar-refractivity contribution in [3.63, 3.8) is 0 Å². The molecule has 200 valence electrons. The minimum Gasteiger partial charge on any atom is -0.507 e. The zero-order chi connectivity index (χ0) is 26.4. The summed E-state index contributed by atoms with van der Waals surface area (Å²) >= 11 is 0. The summed E-state index contributed by atoms with van der Waals surface area (Å²) in [4.78, 5) is 28.9. The number of carbonyl (C=O) groups excluding carboxylic acids is 2. The minimum atomic E-state index is -0.408. The van der Waals surface area contributed by atoms with Gasteiger partial charge in [0.1, 0.15) is 23.4 Å². The molecule has 0 aliphatic heterocycles. The number of phenolic OH excluding ortho intramolecular Hbond substituents is 1. The quantitative estimate of drug-likeness (QED) is 0.333. The molecule has 0 saturated heterocycles. The molecule has 4 N–H and O–H groups in total. The van der Waals surface area contributed by atoms with Crippen LogP contribution < -0.4 is 20.1 Å². The number of aromatic nitrogens is 2. The second-order valence-electron chi connectivity index (χ2n) is 9.86. The van der Waals surface area contributed by atoms with E-state index in [2.05, 4.69) is 25.8 Å². The first kappa shape index (κ1) is 26.3. The van der Waals surface area contributed by atoms with Crippen LogP contribution in [0.4, 0.5) is 10.6 Å². The first-order chi connectivity index (χ1) is 17.8. The average molecular weight is 514 g/mol. The zero-order valence-electron chi connectivity index (χ0n) is 21.5. The van der Waals surface area contributed by atoms with Gasteiger partial charge in [-0.25, -0.2) is 4.79 Å².